The fraction of sp³-hybridized carbons (Fsp3) is 0.682. The van der Waals surface area contributed by atoms with Crippen LogP contribution in [-0.2, 0) is 0 Å². The van der Waals surface area contributed by atoms with Crippen LogP contribution in [0.1, 0.15) is 262 Å². The molecule has 0 aliphatic rings. The first kappa shape index (κ1) is 64.9. The Hall–Kier alpha value is -4.61. The van der Waals surface area contributed by atoms with Crippen molar-refractivity contribution in [1.29, 1.82) is 0 Å². The monoisotopic (exact) mass is 1070 g/mol. The Morgan fingerprint density at radius 2 is 0.857 bits per heavy atom. The first-order valence-corrected chi connectivity index (χ1v) is 31.3. The molecule has 1 heterocycles. The summed E-state index contributed by atoms with van der Waals surface area (Å²) in [6.45, 7) is 8.10. The zero-order valence-electron chi connectivity index (χ0n) is 48.6. The van der Waals surface area contributed by atoms with Gasteiger partial charge in [-0.05, 0) is 79.9 Å². The number of aliphatic hydroxyl groups is 2. The number of hydrogen-bond donors (Lipinski definition) is 2. The maximum Gasteiger partial charge on any atom is 0.343 e. The fourth-order valence-corrected chi connectivity index (χ4v) is 9.74. The number of nitrogens with zero attached hydrogens (tertiary/aromatic N) is 3. The van der Waals surface area contributed by atoms with Crippen molar-refractivity contribution in [1.82, 2.24) is 15.0 Å². The number of carbonyl (C=O) groups excluding carboxylic acids is 1. The minimum Gasteiger partial charge on any atom is -0.491 e. The van der Waals surface area contributed by atoms with Gasteiger partial charge in [0, 0.05) is 5.56 Å². The fourth-order valence-electron chi connectivity index (χ4n) is 9.74. The van der Waals surface area contributed by atoms with Gasteiger partial charge in [-0.25, -0.2) is 9.48 Å². The van der Waals surface area contributed by atoms with Gasteiger partial charge in [-0.1, -0.05) is 238 Å². The number of ether oxygens (including phenoxy) is 5. The maximum atomic E-state index is 14.1. The lowest BCUT2D eigenvalue weighted by atomic mass is 10.1. The first-order valence-electron chi connectivity index (χ1n) is 31.3. The van der Waals surface area contributed by atoms with Crippen molar-refractivity contribution in [3.63, 3.8) is 0 Å². The third kappa shape index (κ3) is 29.3. The summed E-state index contributed by atoms with van der Waals surface area (Å²) in [6.07, 6.45) is 46.7. The van der Waals surface area contributed by atoms with E-state index in [4.69, 9.17) is 28.8 Å². The molecule has 11 heteroatoms. The Labute approximate surface area is 467 Å². The van der Waals surface area contributed by atoms with Crippen LogP contribution < -0.4 is 23.7 Å². The molecule has 4 rings (SSSR count). The lowest BCUT2D eigenvalue weighted by Gasteiger charge is -2.19. The van der Waals surface area contributed by atoms with Gasteiger partial charge in [0.05, 0.1) is 43.9 Å². The van der Waals surface area contributed by atoms with Crippen LogP contribution in [0, 0.1) is 0 Å². The van der Waals surface area contributed by atoms with E-state index in [0.717, 1.165) is 49.8 Å². The molecule has 432 valence electrons. The quantitative estimate of drug-likeness (QED) is 0.0250. The number of unbranched alkanes of at least 4 members (excludes halogenated alkanes) is 33. The summed E-state index contributed by atoms with van der Waals surface area (Å²) in [7, 11) is 0. The average Bonchev–Trinajstić information content (AvgIpc) is 3.98. The number of aliphatic hydroxyl groups excluding tert-OH is 2. The number of aromatic nitrogens is 3. The minimum absolute atomic E-state index is 0.00210. The molecule has 4 aromatic rings. The standard InChI is InChI=1S/C66H105N3O8/c1-4-7-10-13-16-19-22-25-28-31-34-37-48-73-63-51-57(66(72)77-61-46-42-58(43-47-61)69-53-62(67-68-69)56-40-44-60(45-41-56)76-55-59(71)54-70)52-64(74-49-38-35-32-29-26-23-20-17-14-11-8-5-2)65(63)75-50-39-36-33-30-27-24-21-18-15-12-9-6-3/h40-47,51-53,59,70-71H,4-39,48-50,54-55H2,1-3H3. The predicted octanol–water partition coefficient (Wildman–Crippen LogP) is 18.1. The smallest absolute Gasteiger partial charge is 0.343 e. The number of esters is 1. The summed E-state index contributed by atoms with van der Waals surface area (Å²) < 4.78 is 33.0. The van der Waals surface area contributed by atoms with E-state index < -0.39 is 12.1 Å². The van der Waals surface area contributed by atoms with Crippen LogP contribution >= 0.6 is 0 Å². The second-order valence-corrected chi connectivity index (χ2v) is 21.6. The highest BCUT2D eigenvalue weighted by Gasteiger charge is 2.21. The van der Waals surface area contributed by atoms with E-state index in [-0.39, 0.29) is 13.2 Å². The van der Waals surface area contributed by atoms with E-state index in [2.05, 4.69) is 31.1 Å². The predicted molar refractivity (Wildman–Crippen MR) is 317 cm³/mol. The van der Waals surface area contributed by atoms with Crippen molar-refractivity contribution >= 4 is 5.97 Å². The molecule has 77 heavy (non-hydrogen) atoms. The highest BCUT2D eigenvalue weighted by atomic mass is 16.5. The van der Waals surface area contributed by atoms with Crippen molar-refractivity contribution in [2.45, 2.75) is 258 Å². The van der Waals surface area contributed by atoms with E-state index in [0.29, 0.717) is 59.8 Å². The van der Waals surface area contributed by atoms with Crippen molar-refractivity contribution in [3.8, 4) is 45.7 Å². The van der Waals surface area contributed by atoms with Gasteiger partial charge in [-0.2, -0.15) is 0 Å². The molecule has 1 atom stereocenters. The van der Waals surface area contributed by atoms with Gasteiger partial charge >= 0.3 is 5.97 Å². The van der Waals surface area contributed by atoms with Crippen LogP contribution in [0.5, 0.6) is 28.7 Å². The number of rotatable bonds is 50. The van der Waals surface area contributed by atoms with Crippen molar-refractivity contribution < 1.29 is 38.7 Å². The summed E-state index contributed by atoms with van der Waals surface area (Å²) in [6, 6.07) is 18.0. The number of benzene rings is 3. The van der Waals surface area contributed by atoms with Crippen LogP contribution in [0.25, 0.3) is 16.9 Å². The van der Waals surface area contributed by atoms with Gasteiger partial charge in [0.1, 0.15) is 29.9 Å². The molecule has 0 spiro atoms. The molecule has 1 unspecified atom stereocenters. The molecule has 2 N–H and O–H groups in total. The minimum atomic E-state index is -0.938. The molecule has 0 saturated carbocycles. The maximum absolute atomic E-state index is 14.1. The molecule has 0 amide bonds. The SMILES string of the molecule is CCCCCCCCCCCCCCOc1cc(C(=O)Oc2ccc(-n3cc(-c4ccc(OCC(O)CO)cc4)nn3)cc2)cc(OCCCCCCCCCCCCCC)c1OCCCCCCCCCCCCCC. The third-order valence-electron chi connectivity index (χ3n) is 14.6. The Balaban J connectivity index is 1.40. The largest absolute Gasteiger partial charge is 0.491 e. The van der Waals surface area contributed by atoms with Gasteiger partial charge < -0.3 is 33.9 Å². The zero-order chi connectivity index (χ0) is 54.6. The molecule has 1 aromatic heterocycles. The number of carbonyl (C=O) groups is 1. The average molecular weight is 1070 g/mol. The lowest BCUT2D eigenvalue weighted by Crippen LogP contribution is -2.21. The molecule has 0 saturated heterocycles. The summed E-state index contributed by atoms with van der Waals surface area (Å²) in [5, 5.41) is 27.4. The van der Waals surface area contributed by atoms with Crippen molar-refractivity contribution in [3.05, 3.63) is 72.4 Å². The summed E-state index contributed by atoms with van der Waals surface area (Å²) in [5.41, 5.74) is 2.60. The summed E-state index contributed by atoms with van der Waals surface area (Å²) in [5.74, 6) is 2.12. The van der Waals surface area contributed by atoms with Crippen molar-refractivity contribution in [2.24, 2.45) is 0 Å². The Morgan fingerprint density at radius 3 is 1.26 bits per heavy atom. The topological polar surface area (TPSA) is 134 Å². The molecule has 0 aliphatic heterocycles. The van der Waals surface area contributed by atoms with Crippen LogP contribution in [0.15, 0.2) is 66.9 Å². The van der Waals surface area contributed by atoms with Gasteiger partial charge in [0.25, 0.3) is 0 Å². The second kappa shape index (κ2) is 43.3. The van der Waals surface area contributed by atoms with E-state index in [9.17, 15) is 9.90 Å². The Kier molecular flexibility index (Phi) is 36.5. The van der Waals surface area contributed by atoms with Crippen LogP contribution in [0.4, 0.5) is 0 Å². The highest BCUT2D eigenvalue weighted by Crippen LogP contribution is 2.40. The van der Waals surface area contributed by atoms with Crippen LogP contribution in [0.2, 0.25) is 0 Å². The van der Waals surface area contributed by atoms with Crippen LogP contribution in [0.3, 0.4) is 0 Å². The molecule has 0 bridgehead atoms. The highest BCUT2D eigenvalue weighted by molar-refractivity contribution is 5.92. The second-order valence-electron chi connectivity index (χ2n) is 21.6. The van der Waals surface area contributed by atoms with Gasteiger partial charge in [0.15, 0.2) is 11.5 Å². The van der Waals surface area contributed by atoms with E-state index >= 15 is 0 Å². The molecule has 0 radical (unpaired) electrons. The van der Waals surface area contributed by atoms with Crippen molar-refractivity contribution in [2.75, 3.05) is 33.0 Å². The number of hydrogen-bond acceptors (Lipinski definition) is 10. The zero-order valence-corrected chi connectivity index (χ0v) is 48.6. The molecule has 0 aliphatic carbocycles. The van der Waals surface area contributed by atoms with E-state index in [1.54, 1.807) is 41.1 Å². The Bertz CT molecular complexity index is 1990. The van der Waals surface area contributed by atoms with E-state index in [1.165, 1.54) is 193 Å². The van der Waals surface area contributed by atoms with Gasteiger partial charge in [-0.3, -0.25) is 0 Å². The normalized spacial score (nSPS) is 11.8. The lowest BCUT2D eigenvalue weighted by molar-refractivity contribution is 0.0536. The Morgan fingerprint density at radius 1 is 0.481 bits per heavy atom. The molecule has 0 fully saturated rings. The molecular formula is C66H105N3O8. The summed E-state index contributed by atoms with van der Waals surface area (Å²) in [4.78, 5) is 14.1. The van der Waals surface area contributed by atoms with Gasteiger partial charge in [-0.15, -0.1) is 5.10 Å². The van der Waals surface area contributed by atoms with E-state index in [1.807, 2.05) is 30.5 Å². The third-order valence-corrected chi connectivity index (χ3v) is 14.6. The first-order chi connectivity index (χ1) is 37.9. The summed E-state index contributed by atoms with van der Waals surface area (Å²) >= 11 is 0. The molecular weight excluding hydrogens is 963 g/mol. The molecule has 3 aromatic carbocycles. The molecule has 11 nitrogen and oxygen atoms in total. The van der Waals surface area contributed by atoms with Gasteiger partial charge in [0.2, 0.25) is 5.75 Å². The van der Waals surface area contributed by atoms with Crippen LogP contribution in [-0.4, -0.2) is 70.3 Å².